The van der Waals surface area contributed by atoms with E-state index in [1.807, 2.05) is 6.07 Å². The molecular weight excluding hydrogens is 647 g/mol. The lowest BCUT2D eigenvalue weighted by atomic mass is 10.2. The zero-order valence-electron chi connectivity index (χ0n) is 23.9. The van der Waals surface area contributed by atoms with E-state index in [4.69, 9.17) is 23.6 Å². The van der Waals surface area contributed by atoms with Gasteiger partial charge in [-0.05, 0) is 66.7 Å². The van der Waals surface area contributed by atoms with Gasteiger partial charge in [-0.3, -0.25) is 9.59 Å². The first-order chi connectivity index (χ1) is 21.8. The van der Waals surface area contributed by atoms with Crippen LogP contribution < -0.4 is 25.1 Å². The summed E-state index contributed by atoms with van der Waals surface area (Å²) in [6, 6.07) is 22.8. The third-order valence-electron chi connectivity index (χ3n) is 6.77. The number of ether oxygens (including phenoxy) is 3. The average molecular weight is 671 g/mol. The molecule has 0 unspecified atom stereocenters. The molecule has 6 aromatic rings. The third-order valence-corrected chi connectivity index (χ3v) is 7.23. The number of rotatable bonds is 9. The molecule has 2 aromatic heterocycles. The number of para-hydroxylation sites is 1. The molecule has 6 rings (SSSR count). The number of nitrogens with zero attached hydrogens (tertiary/aromatic N) is 3. The second-order valence-electron chi connectivity index (χ2n) is 9.67. The Bertz CT molecular complexity index is 2140. The van der Waals surface area contributed by atoms with Crippen molar-refractivity contribution in [1.29, 1.82) is 0 Å². The molecular formula is C33H24BrFN4O6. The van der Waals surface area contributed by atoms with E-state index >= 15 is 0 Å². The van der Waals surface area contributed by atoms with Crippen LogP contribution in [0.25, 0.3) is 33.5 Å². The SMILES string of the molecule is COc1cc(Br)cc(C=Nn2c(-c3cc4c(OC)cccc4o3)nc3ccccc3c2=O)c1OCC(=O)Nc1ccc(F)cc1. The molecule has 226 valence electrons. The zero-order chi connectivity index (χ0) is 31.5. The molecule has 0 bridgehead atoms. The van der Waals surface area contributed by atoms with Gasteiger partial charge in [0, 0.05) is 15.7 Å². The first-order valence-corrected chi connectivity index (χ1v) is 14.3. The minimum Gasteiger partial charge on any atom is -0.496 e. The lowest BCUT2D eigenvalue weighted by Gasteiger charge is -2.14. The van der Waals surface area contributed by atoms with Gasteiger partial charge in [-0.2, -0.15) is 9.78 Å². The summed E-state index contributed by atoms with van der Waals surface area (Å²) in [7, 11) is 3.02. The molecule has 0 radical (unpaired) electrons. The molecule has 0 aliphatic carbocycles. The monoisotopic (exact) mass is 670 g/mol. The molecule has 0 spiro atoms. The number of fused-ring (bicyclic) bond motifs is 2. The summed E-state index contributed by atoms with van der Waals surface area (Å²) in [5.41, 5.74) is 1.40. The fraction of sp³-hybridized carbons (Fsp3) is 0.0909. The second-order valence-corrected chi connectivity index (χ2v) is 10.6. The summed E-state index contributed by atoms with van der Waals surface area (Å²) in [5.74, 6) is 0.687. The molecule has 4 aromatic carbocycles. The van der Waals surface area contributed by atoms with Crippen LogP contribution in [-0.2, 0) is 4.79 Å². The molecule has 1 N–H and O–H groups in total. The highest BCUT2D eigenvalue weighted by atomic mass is 79.9. The van der Waals surface area contributed by atoms with Crippen molar-refractivity contribution in [3.05, 3.63) is 111 Å². The lowest BCUT2D eigenvalue weighted by molar-refractivity contribution is -0.118. The Morgan fingerprint density at radius 3 is 2.56 bits per heavy atom. The summed E-state index contributed by atoms with van der Waals surface area (Å²) in [4.78, 5) is 31.1. The zero-order valence-corrected chi connectivity index (χ0v) is 25.5. The van der Waals surface area contributed by atoms with Crippen LogP contribution in [0.2, 0.25) is 0 Å². The van der Waals surface area contributed by atoms with Crippen LogP contribution in [-0.4, -0.2) is 42.6 Å². The number of methoxy groups -OCH3 is 2. The van der Waals surface area contributed by atoms with Crippen LogP contribution in [0.1, 0.15) is 5.56 Å². The van der Waals surface area contributed by atoms with E-state index in [0.717, 1.165) is 4.68 Å². The van der Waals surface area contributed by atoms with Crippen LogP contribution in [0.3, 0.4) is 0 Å². The normalized spacial score (nSPS) is 11.3. The molecule has 10 nitrogen and oxygen atoms in total. The minimum absolute atomic E-state index is 0.163. The number of aromatic nitrogens is 2. The number of furan rings is 1. The van der Waals surface area contributed by atoms with Crippen LogP contribution in [0, 0.1) is 5.82 Å². The van der Waals surface area contributed by atoms with E-state index in [9.17, 15) is 14.0 Å². The fourth-order valence-electron chi connectivity index (χ4n) is 4.69. The maximum absolute atomic E-state index is 13.8. The van der Waals surface area contributed by atoms with E-state index in [0.29, 0.717) is 54.9 Å². The Labute approximate surface area is 263 Å². The van der Waals surface area contributed by atoms with Crippen molar-refractivity contribution >= 4 is 55.6 Å². The topological polar surface area (TPSA) is 117 Å². The number of benzene rings is 4. The molecule has 45 heavy (non-hydrogen) atoms. The Hall–Kier alpha value is -5.49. The number of halogens is 2. The molecule has 0 saturated carbocycles. The quantitative estimate of drug-likeness (QED) is 0.172. The molecule has 12 heteroatoms. The highest BCUT2D eigenvalue weighted by Crippen LogP contribution is 2.35. The number of carbonyl (C=O) groups excluding carboxylic acids is 1. The van der Waals surface area contributed by atoms with Gasteiger partial charge in [0.25, 0.3) is 11.5 Å². The molecule has 0 saturated heterocycles. The maximum atomic E-state index is 13.8. The van der Waals surface area contributed by atoms with E-state index in [1.165, 1.54) is 37.6 Å². The highest BCUT2D eigenvalue weighted by Gasteiger charge is 2.19. The lowest BCUT2D eigenvalue weighted by Crippen LogP contribution is -2.21. The molecule has 0 aliphatic rings. The van der Waals surface area contributed by atoms with Crippen LogP contribution >= 0.6 is 15.9 Å². The Kier molecular flexibility index (Phi) is 8.30. The van der Waals surface area contributed by atoms with Gasteiger partial charge in [0.15, 0.2) is 23.9 Å². The highest BCUT2D eigenvalue weighted by molar-refractivity contribution is 9.10. The van der Waals surface area contributed by atoms with Gasteiger partial charge < -0.3 is 23.9 Å². The summed E-state index contributed by atoms with van der Waals surface area (Å²) >= 11 is 3.46. The van der Waals surface area contributed by atoms with Crippen molar-refractivity contribution in [3.63, 3.8) is 0 Å². The van der Waals surface area contributed by atoms with Gasteiger partial charge in [0.2, 0.25) is 5.82 Å². The summed E-state index contributed by atoms with van der Waals surface area (Å²) < 4.78 is 38.0. The number of carbonyl (C=O) groups is 1. The number of nitrogens with one attached hydrogen (secondary N) is 1. The predicted molar refractivity (Wildman–Crippen MR) is 172 cm³/mol. The van der Waals surface area contributed by atoms with Crippen molar-refractivity contribution in [2.75, 3.05) is 26.1 Å². The number of hydrogen-bond donors (Lipinski definition) is 1. The molecule has 2 heterocycles. The number of amides is 1. The van der Waals surface area contributed by atoms with Gasteiger partial charge >= 0.3 is 0 Å². The van der Waals surface area contributed by atoms with Gasteiger partial charge in [0.1, 0.15) is 17.1 Å². The van der Waals surface area contributed by atoms with Crippen molar-refractivity contribution < 1.29 is 27.8 Å². The van der Waals surface area contributed by atoms with Gasteiger partial charge in [-0.15, -0.1) is 0 Å². The third kappa shape index (κ3) is 6.13. The van der Waals surface area contributed by atoms with Crippen LogP contribution in [0.5, 0.6) is 17.2 Å². The Morgan fingerprint density at radius 1 is 1.00 bits per heavy atom. The minimum atomic E-state index is -0.480. The number of anilines is 1. The van der Waals surface area contributed by atoms with Crippen LogP contribution in [0.15, 0.2) is 104 Å². The van der Waals surface area contributed by atoms with E-state index in [1.54, 1.807) is 61.7 Å². The van der Waals surface area contributed by atoms with Crippen molar-refractivity contribution in [2.24, 2.45) is 5.10 Å². The van der Waals surface area contributed by atoms with E-state index < -0.39 is 17.3 Å². The molecule has 0 aliphatic heterocycles. The maximum Gasteiger partial charge on any atom is 0.282 e. The van der Waals surface area contributed by atoms with Gasteiger partial charge in [0.05, 0.1) is 36.7 Å². The second kappa shape index (κ2) is 12.6. The van der Waals surface area contributed by atoms with E-state index in [2.05, 4.69) is 26.3 Å². The molecule has 0 fully saturated rings. The van der Waals surface area contributed by atoms with Crippen molar-refractivity contribution in [2.45, 2.75) is 0 Å². The van der Waals surface area contributed by atoms with Gasteiger partial charge in [-0.1, -0.05) is 34.1 Å². The summed E-state index contributed by atoms with van der Waals surface area (Å²) in [6.07, 6.45) is 1.41. The van der Waals surface area contributed by atoms with E-state index in [-0.39, 0.29) is 18.2 Å². The fourth-order valence-corrected chi connectivity index (χ4v) is 5.15. The van der Waals surface area contributed by atoms with Crippen molar-refractivity contribution in [1.82, 2.24) is 9.66 Å². The largest absolute Gasteiger partial charge is 0.496 e. The molecule has 1 amide bonds. The molecule has 0 atom stereocenters. The first kappa shape index (κ1) is 29.6. The van der Waals surface area contributed by atoms with Crippen LogP contribution in [0.4, 0.5) is 10.1 Å². The Morgan fingerprint density at radius 2 is 1.78 bits per heavy atom. The number of hydrogen-bond acceptors (Lipinski definition) is 8. The summed E-state index contributed by atoms with van der Waals surface area (Å²) in [5, 5.41) is 8.24. The average Bonchev–Trinajstić information content (AvgIpc) is 3.49. The van der Waals surface area contributed by atoms with Gasteiger partial charge in [-0.25, -0.2) is 9.37 Å². The van der Waals surface area contributed by atoms with Crippen molar-refractivity contribution in [3.8, 4) is 28.8 Å². The Balaban J connectivity index is 1.40. The predicted octanol–water partition coefficient (Wildman–Crippen LogP) is 6.63. The standard InChI is InChI=1S/C33H24BrFN4O6/c1-42-26-8-5-9-27-24(26)16-29(45-27)32-38-25-7-4-3-6-23(25)33(41)39(32)36-17-19-14-20(34)15-28(43-2)31(19)44-18-30(40)37-22-12-10-21(35)11-13-22/h3-17H,18H2,1-2H3,(H,37,40). The summed E-state index contributed by atoms with van der Waals surface area (Å²) in [6.45, 7) is -0.389. The smallest absolute Gasteiger partial charge is 0.282 e. The first-order valence-electron chi connectivity index (χ1n) is 13.5.